The molecule has 0 saturated carbocycles. The lowest BCUT2D eigenvalue weighted by Crippen LogP contribution is -2.42. The highest BCUT2D eigenvalue weighted by atomic mass is 35.5. The Kier molecular flexibility index (Phi) is 6.30. The molecule has 1 atom stereocenters. The van der Waals surface area contributed by atoms with Gasteiger partial charge in [0.15, 0.2) is 0 Å². The molecule has 0 bridgehead atoms. The number of aliphatic hydroxyl groups is 1. The van der Waals surface area contributed by atoms with Crippen molar-refractivity contribution in [3.63, 3.8) is 0 Å². The first-order valence-corrected chi connectivity index (χ1v) is 7.49. The van der Waals surface area contributed by atoms with Crippen LogP contribution in [0.5, 0.6) is 0 Å². The lowest BCUT2D eigenvalue weighted by atomic mass is 9.95. The van der Waals surface area contributed by atoms with Gasteiger partial charge in [-0.15, -0.1) is 0 Å². The molecular formula is C14H26ClN3O. The topological polar surface area (TPSA) is 50.1 Å². The van der Waals surface area contributed by atoms with Crippen LogP contribution in [0.3, 0.4) is 0 Å². The van der Waals surface area contributed by atoms with E-state index in [2.05, 4.69) is 38.1 Å². The average Bonchev–Trinajstić information content (AvgIpc) is 2.72. The number of nitrogens with zero attached hydrogens (tertiary/aromatic N) is 2. The molecule has 5 heteroatoms. The summed E-state index contributed by atoms with van der Waals surface area (Å²) in [4.78, 5) is 0. The summed E-state index contributed by atoms with van der Waals surface area (Å²) in [6.07, 6.45) is 2.55. The molecule has 0 aliphatic carbocycles. The third-order valence-electron chi connectivity index (χ3n) is 3.82. The second-order valence-corrected chi connectivity index (χ2v) is 5.50. The van der Waals surface area contributed by atoms with Crippen molar-refractivity contribution in [3.05, 3.63) is 16.4 Å². The molecule has 1 aromatic rings. The quantitative estimate of drug-likeness (QED) is 0.773. The number of rotatable bonds is 8. The fourth-order valence-corrected chi connectivity index (χ4v) is 2.46. The predicted octanol–water partition coefficient (Wildman–Crippen LogP) is 2.76. The number of halogens is 1. The zero-order valence-corrected chi connectivity index (χ0v) is 13.2. The van der Waals surface area contributed by atoms with Crippen molar-refractivity contribution >= 4 is 11.6 Å². The molecule has 0 aliphatic rings. The maximum atomic E-state index is 9.14. The van der Waals surface area contributed by atoms with Gasteiger partial charge in [-0.2, -0.15) is 5.10 Å². The van der Waals surface area contributed by atoms with E-state index in [1.165, 1.54) is 0 Å². The third-order valence-corrected chi connectivity index (χ3v) is 4.26. The lowest BCUT2D eigenvalue weighted by Gasteiger charge is -2.29. The summed E-state index contributed by atoms with van der Waals surface area (Å²) in [5.74, 6) is 0. The Bertz CT molecular complexity index is 406. The van der Waals surface area contributed by atoms with E-state index in [1.54, 1.807) is 0 Å². The molecule has 1 rings (SSSR count). The van der Waals surface area contributed by atoms with Gasteiger partial charge in [-0.05, 0) is 33.1 Å². The van der Waals surface area contributed by atoms with Crippen LogP contribution < -0.4 is 5.32 Å². The van der Waals surface area contributed by atoms with Crippen molar-refractivity contribution in [2.75, 3.05) is 6.61 Å². The highest BCUT2D eigenvalue weighted by molar-refractivity contribution is 6.31. The van der Waals surface area contributed by atoms with E-state index in [1.807, 2.05) is 4.68 Å². The van der Waals surface area contributed by atoms with Crippen molar-refractivity contribution in [1.29, 1.82) is 0 Å². The van der Waals surface area contributed by atoms with Crippen LogP contribution in [0, 0.1) is 0 Å². The van der Waals surface area contributed by atoms with Crippen LogP contribution in [0.2, 0.25) is 5.02 Å². The van der Waals surface area contributed by atoms with Gasteiger partial charge >= 0.3 is 0 Å². The Balaban J connectivity index is 2.84. The SMILES string of the molecule is CCc1nn(CC)c(CNC(C)(CC)CCO)c1Cl. The van der Waals surface area contributed by atoms with Gasteiger partial charge in [0.1, 0.15) is 0 Å². The fraction of sp³-hybridized carbons (Fsp3) is 0.786. The van der Waals surface area contributed by atoms with Crippen molar-refractivity contribution in [2.45, 2.75) is 65.6 Å². The van der Waals surface area contributed by atoms with Crippen molar-refractivity contribution in [2.24, 2.45) is 0 Å². The molecule has 0 fully saturated rings. The van der Waals surface area contributed by atoms with E-state index in [4.69, 9.17) is 16.7 Å². The van der Waals surface area contributed by atoms with Crippen LogP contribution in [0.1, 0.15) is 51.9 Å². The van der Waals surface area contributed by atoms with Crippen LogP contribution >= 0.6 is 11.6 Å². The van der Waals surface area contributed by atoms with Gasteiger partial charge in [-0.3, -0.25) is 4.68 Å². The van der Waals surface area contributed by atoms with E-state index >= 15 is 0 Å². The van der Waals surface area contributed by atoms with Gasteiger partial charge in [-0.25, -0.2) is 0 Å². The predicted molar refractivity (Wildman–Crippen MR) is 79.5 cm³/mol. The first-order valence-electron chi connectivity index (χ1n) is 7.11. The Morgan fingerprint density at radius 1 is 1.37 bits per heavy atom. The fourth-order valence-electron chi connectivity index (χ4n) is 2.12. The minimum absolute atomic E-state index is 0.0622. The van der Waals surface area contributed by atoms with Gasteiger partial charge < -0.3 is 10.4 Å². The minimum atomic E-state index is -0.0622. The third kappa shape index (κ3) is 3.94. The van der Waals surface area contributed by atoms with E-state index in [9.17, 15) is 0 Å². The molecular weight excluding hydrogens is 262 g/mol. The molecule has 0 aliphatic heterocycles. The van der Waals surface area contributed by atoms with E-state index < -0.39 is 0 Å². The van der Waals surface area contributed by atoms with E-state index in [0.29, 0.717) is 6.54 Å². The van der Waals surface area contributed by atoms with Crippen LogP contribution in [-0.4, -0.2) is 27.0 Å². The van der Waals surface area contributed by atoms with Crippen molar-refractivity contribution < 1.29 is 5.11 Å². The molecule has 1 aromatic heterocycles. The normalized spacial score (nSPS) is 14.6. The largest absolute Gasteiger partial charge is 0.396 e. The van der Waals surface area contributed by atoms with Crippen molar-refractivity contribution in [3.8, 4) is 0 Å². The first kappa shape index (κ1) is 16.5. The molecule has 110 valence electrons. The molecule has 1 unspecified atom stereocenters. The highest BCUT2D eigenvalue weighted by Gasteiger charge is 2.22. The van der Waals surface area contributed by atoms with Crippen LogP contribution in [0.4, 0.5) is 0 Å². The molecule has 1 heterocycles. The minimum Gasteiger partial charge on any atom is -0.396 e. The average molecular weight is 288 g/mol. The van der Waals surface area contributed by atoms with E-state index in [0.717, 1.165) is 42.2 Å². The van der Waals surface area contributed by atoms with E-state index in [-0.39, 0.29) is 12.1 Å². The number of hydrogen-bond acceptors (Lipinski definition) is 3. The Morgan fingerprint density at radius 2 is 2.05 bits per heavy atom. The number of aliphatic hydroxyl groups excluding tert-OH is 1. The van der Waals surface area contributed by atoms with Gasteiger partial charge in [-0.1, -0.05) is 25.4 Å². The Morgan fingerprint density at radius 3 is 2.53 bits per heavy atom. The molecule has 4 nitrogen and oxygen atoms in total. The number of aromatic nitrogens is 2. The van der Waals surface area contributed by atoms with Crippen LogP contribution in [0.25, 0.3) is 0 Å². The summed E-state index contributed by atoms with van der Waals surface area (Å²) < 4.78 is 1.96. The summed E-state index contributed by atoms with van der Waals surface area (Å²) >= 11 is 6.38. The highest BCUT2D eigenvalue weighted by Crippen LogP contribution is 2.23. The van der Waals surface area contributed by atoms with Crippen LogP contribution in [0.15, 0.2) is 0 Å². The molecule has 0 amide bonds. The van der Waals surface area contributed by atoms with Gasteiger partial charge in [0.25, 0.3) is 0 Å². The number of nitrogens with one attached hydrogen (secondary N) is 1. The number of hydrogen-bond donors (Lipinski definition) is 2. The monoisotopic (exact) mass is 287 g/mol. The summed E-state index contributed by atoms with van der Waals surface area (Å²) in [6.45, 7) is 10.1. The molecule has 0 aromatic carbocycles. The Hall–Kier alpha value is -0.580. The summed E-state index contributed by atoms with van der Waals surface area (Å²) in [6, 6.07) is 0. The zero-order chi connectivity index (χ0) is 14.5. The molecule has 0 radical (unpaired) electrons. The molecule has 0 spiro atoms. The maximum Gasteiger partial charge on any atom is 0.0863 e. The zero-order valence-electron chi connectivity index (χ0n) is 12.5. The standard InChI is InChI=1S/C14H26ClN3O/c1-5-11-13(15)12(18(7-3)17-11)10-16-14(4,6-2)8-9-19/h16,19H,5-10H2,1-4H3. The second kappa shape index (κ2) is 7.27. The smallest absolute Gasteiger partial charge is 0.0863 e. The van der Waals surface area contributed by atoms with Crippen molar-refractivity contribution in [1.82, 2.24) is 15.1 Å². The first-order chi connectivity index (χ1) is 9.01. The number of aryl methyl sites for hydroxylation is 2. The molecule has 2 N–H and O–H groups in total. The maximum absolute atomic E-state index is 9.14. The van der Waals surface area contributed by atoms with Gasteiger partial charge in [0.05, 0.1) is 16.4 Å². The summed E-state index contributed by atoms with van der Waals surface area (Å²) in [7, 11) is 0. The van der Waals surface area contributed by atoms with Crippen LogP contribution in [-0.2, 0) is 19.5 Å². The Labute approximate surface area is 121 Å². The molecule has 19 heavy (non-hydrogen) atoms. The molecule has 0 saturated heterocycles. The summed E-state index contributed by atoms with van der Waals surface area (Å²) in [5, 5.41) is 17.9. The van der Waals surface area contributed by atoms with Gasteiger partial charge in [0.2, 0.25) is 0 Å². The second-order valence-electron chi connectivity index (χ2n) is 5.12. The summed E-state index contributed by atoms with van der Waals surface area (Å²) in [5.41, 5.74) is 1.94. The lowest BCUT2D eigenvalue weighted by molar-refractivity contribution is 0.213. The van der Waals surface area contributed by atoms with Gasteiger partial charge in [0, 0.05) is 25.2 Å².